The van der Waals surface area contributed by atoms with Gasteiger partial charge in [-0.2, -0.15) is 0 Å². The molecule has 2 aliphatic carbocycles. The van der Waals surface area contributed by atoms with Gasteiger partial charge in [0.25, 0.3) is 11.8 Å². The standard InChI is InChI=1S/C27H35BFN3O3.C21H23BrFN3O.C12H24B2O4/c1-17-7-9-21(29)11-22(17)24(33)31-27(6)12-18-15-32(16-19(18)13-27)23-10-8-20(14-30-23)28-34-25(2,3)26(4,5)35-28;1-13-3-5-17(23)7-18(13)20(27)25-21(2)8-14-11-26(12-15(14)9-21)19-6-4-16(22)10-24-19;1-9(2)10(3,4)16-13(15-9)14-17-11(5,6)12(7,8)18-14/h7-11,14,18-19H,12-13,15-16H2,1-6H3,(H,31,33);3-7,10,14-15H,8-9,11-12H2,1-2H3,(H,25,27);1-8H3. The summed E-state index contributed by atoms with van der Waals surface area (Å²) in [6, 6.07) is 16.9. The van der Waals surface area contributed by atoms with E-state index in [1.54, 1.807) is 12.1 Å². The zero-order valence-electron chi connectivity index (χ0n) is 49.8. The van der Waals surface area contributed by atoms with Crippen LogP contribution in [0.2, 0.25) is 0 Å². The SMILES string of the molecule is CC1(C)OB(B2OC(C)(C)C(C)(C)O2)OC1(C)C.Cc1ccc(F)cc1C(=O)NC1(C)CC2CN(c3ccc(B4OC(C)(C)C(C)(C)O4)cn3)CC2C1.Cc1ccc(F)cc1C(=O)NC1(C)CC2CN(c3ccc(Br)cn3)CC2C1. The molecule has 2 saturated carbocycles. The monoisotopic (exact) mass is 1160 g/mol. The maximum Gasteiger partial charge on any atom is 0.496 e. The van der Waals surface area contributed by atoms with Gasteiger partial charge in [0.2, 0.25) is 0 Å². The number of fused-ring (bicyclic) bond motifs is 2. The van der Waals surface area contributed by atoms with E-state index in [9.17, 15) is 18.4 Å². The highest BCUT2D eigenvalue weighted by molar-refractivity contribution is 9.10. The molecule has 5 aliphatic heterocycles. The molecule has 14 nitrogen and oxygen atoms in total. The molecular formula is C60H82B3BrF2N6O8. The maximum absolute atomic E-state index is 13.7. The van der Waals surface area contributed by atoms with Crippen molar-refractivity contribution in [2.24, 2.45) is 23.7 Å². The summed E-state index contributed by atoms with van der Waals surface area (Å²) in [7, 11) is -1.36. The second kappa shape index (κ2) is 21.6. The Morgan fingerprint density at radius 1 is 0.512 bits per heavy atom. The fourth-order valence-corrected chi connectivity index (χ4v) is 12.7. The minimum atomic E-state index is -0.476. The molecule has 4 unspecified atom stereocenters. The van der Waals surface area contributed by atoms with Crippen LogP contribution in [0.4, 0.5) is 20.4 Å². The highest BCUT2D eigenvalue weighted by Gasteiger charge is 2.64. The largest absolute Gasteiger partial charge is 0.496 e. The lowest BCUT2D eigenvalue weighted by atomic mass is 9.49. The van der Waals surface area contributed by atoms with Crippen molar-refractivity contribution >= 4 is 66.0 Å². The molecule has 7 heterocycles. The van der Waals surface area contributed by atoms with Gasteiger partial charge in [0.05, 0.1) is 33.6 Å². The zero-order valence-corrected chi connectivity index (χ0v) is 51.4. The summed E-state index contributed by atoms with van der Waals surface area (Å²) < 4.78 is 64.3. The number of halogens is 3. The number of amides is 2. The van der Waals surface area contributed by atoms with Gasteiger partial charge in [-0.25, -0.2) is 18.7 Å². The van der Waals surface area contributed by atoms with E-state index >= 15 is 0 Å². The van der Waals surface area contributed by atoms with Crippen molar-refractivity contribution in [1.29, 1.82) is 0 Å². The van der Waals surface area contributed by atoms with E-state index in [0.29, 0.717) is 34.8 Å². The van der Waals surface area contributed by atoms with Crippen molar-refractivity contribution in [3.63, 3.8) is 0 Å². The third-order valence-electron chi connectivity index (χ3n) is 19.1. The van der Waals surface area contributed by atoms with E-state index in [-0.39, 0.29) is 68.1 Å². The highest BCUT2D eigenvalue weighted by Crippen LogP contribution is 2.47. The van der Waals surface area contributed by atoms with Gasteiger partial charge in [0.1, 0.15) is 23.3 Å². The molecule has 4 aromatic rings. The van der Waals surface area contributed by atoms with Crippen molar-refractivity contribution in [3.8, 4) is 0 Å². The third kappa shape index (κ3) is 12.4. The van der Waals surface area contributed by atoms with Gasteiger partial charge >= 0.3 is 21.1 Å². The lowest BCUT2D eigenvalue weighted by Gasteiger charge is -2.32. The molecule has 2 amide bonds. The number of pyridine rings is 2. The van der Waals surface area contributed by atoms with E-state index in [0.717, 1.165) is 84.6 Å². The number of aryl methyl sites for hydroxylation is 2. The number of carbonyl (C=O) groups excluding carboxylic acids is 2. The molecule has 430 valence electrons. The number of nitrogens with zero attached hydrogens (tertiary/aromatic N) is 4. The first-order valence-electron chi connectivity index (χ1n) is 28.4. The van der Waals surface area contributed by atoms with Crippen LogP contribution < -0.4 is 25.9 Å². The number of carbonyl (C=O) groups is 2. The van der Waals surface area contributed by atoms with Gasteiger partial charge in [0, 0.05) is 70.7 Å². The predicted molar refractivity (Wildman–Crippen MR) is 315 cm³/mol. The number of hydrogen-bond acceptors (Lipinski definition) is 12. The van der Waals surface area contributed by atoms with Crippen LogP contribution in [0.5, 0.6) is 0 Å². The molecule has 0 bridgehead atoms. The molecule has 20 heteroatoms. The maximum atomic E-state index is 13.7. The lowest BCUT2D eigenvalue weighted by molar-refractivity contribution is 0.00578. The minimum Gasteiger partial charge on any atom is -0.405 e. The summed E-state index contributed by atoms with van der Waals surface area (Å²) in [5.74, 6) is 2.87. The average molecular weight is 1170 g/mol. The molecule has 2 aromatic carbocycles. The van der Waals surface area contributed by atoms with Crippen molar-refractivity contribution in [2.75, 3.05) is 36.0 Å². The predicted octanol–water partition coefficient (Wildman–Crippen LogP) is 10.4. The molecule has 2 aromatic heterocycles. The normalized spacial score (nSPS) is 28.9. The molecule has 7 fully saturated rings. The Balaban J connectivity index is 0.000000153. The van der Waals surface area contributed by atoms with Crippen LogP contribution in [0.15, 0.2) is 77.5 Å². The molecular weight excluding hydrogens is 1080 g/mol. The van der Waals surface area contributed by atoms with Gasteiger partial charge in [-0.05, 0) is 230 Å². The van der Waals surface area contributed by atoms with Crippen LogP contribution in [0, 0.1) is 49.2 Å². The van der Waals surface area contributed by atoms with E-state index in [1.807, 2.05) is 128 Å². The second-order valence-electron chi connectivity index (χ2n) is 27.2. The minimum absolute atomic E-state index is 0.180. The Hall–Kier alpha value is -4.43. The second-order valence-corrected chi connectivity index (χ2v) is 28.2. The molecule has 80 heavy (non-hydrogen) atoms. The summed E-state index contributed by atoms with van der Waals surface area (Å²) in [5, 5.41) is 6.39. The van der Waals surface area contributed by atoms with Crippen molar-refractivity contribution in [3.05, 3.63) is 111 Å². The first-order chi connectivity index (χ1) is 37.1. The number of aromatic nitrogens is 2. The first-order valence-corrected chi connectivity index (χ1v) is 29.2. The van der Waals surface area contributed by atoms with E-state index in [4.69, 9.17) is 32.9 Å². The van der Waals surface area contributed by atoms with Gasteiger partial charge < -0.3 is 48.4 Å². The van der Waals surface area contributed by atoms with Gasteiger partial charge in [0.15, 0.2) is 0 Å². The summed E-state index contributed by atoms with van der Waals surface area (Å²) in [4.78, 5) is 39.5. The van der Waals surface area contributed by atoms with Gasteiger partial charge in [-0.15, -0.1) is 0 Å². The Bertz CT molecular complexity index is 2840. The molecule has 11 rings (SSSR count). The topological polar surface area (TPSA) is 146 Å². The summed E-state index contributed by atoms with van der Waals surface area (Å²) in [6.07, 6.45) is 7.36. The van der Waals surface area contributed by atoms with Crippen LogP contribution in [0.1, 0.15) is 154 Å². The smallest absolute Gasteiger partial charge is 0.405 e. The third-order valence-corrected chi connectivity index (χ3v) is 19.6. The Morgan fingerprint density at radius 3 is 1.18 bits per heavy atom. The van der Waals surface area contributed by atoms with Crippen molar-refractivity contribution in [2.45, 2.75) is 181 Å². The molecule has 0 spiro atoms. The van der Waals surface area contributed by atoms with Crippen LogP contribution in [0.3, 0.4) is 0 Å². The summed E-state index contributed by atoms with van der Waals surface area (Å²) >= 11 is 3.42. The molecule has 4 atom stereocenters. The van der Waals surface area contributed by atoms with Crippen LogP contribution in [-0.4, -0.2) is 114 Å². The summed E-state index contributed by atoms with van der Waals surface area (Å²) in [5.41, 5.74) is 0.617. The van der Waals surface area contributed by atoms with Crippen LogP contribution in [0.25, 0.3) is 0 Å². The molecule has 2 N–H and O–H groups in total. The molecule has 0 radical (unpaired) electrons. The first kappa shape index (κ1) is 60.2. The number of nitrogens with one attached hydrogen (secondary N) is 2. The van der Waals surface area contributed by atoms with Gasteiger partial charge in [-0.1, -0.05) is 18.2 Å². The Labute approximate surface area is 482 Å². The van der Waals surface area contributed by atoms with E-state index in [1.165, 1.54) is 24.3 Å². The number of anilines is 2. The van der Waals surface area contributed by atoms with Gasteiger partial charge in [-0.3, -0.25) is 9.59 Å². The Morgan fingerprint density at radius 2 is 0.850 bits per heavy atom. The fraction of sp³-hybridized carbons (Fsp3) is 0.600. The van der Waals surface area contributed by atoms with Crippen molar-refractivity contribution in [1.82, 2.24) is 20.6 Å². The van der Waals surface area contributed by atoms with Crippen LogP contribution in [-0.2, 0) is 27.9 Å². The van der Waals surface area contributed by atoms with E-state index < -0.39 is 21.1 Å². The number of rotatable bonds is 8. The average Bonchev–Trinajstić information content (AvgIpc) is 4.31. The van der Waals surface area contributed by atoms with E-state index in [2.05, 4.69) is 61.3 Å². The van der Waals surface area contributed by atoms with Crippen molar-refractivity contribution < 1.29 is 46.3 Å². The quantitative estimate of drug-likeness (QED) is 0.162. The highest BCUT2D eigenvalue weighted by atomic mass is 79.9. The molecule has 5 saturated heterocycles. The van der Waals surface area contributed by atoms with Crippen LogP contribution >= 0.6 is 15.9 Å². The zero-order chi connectivity index (χ0) is 58.3. The molecule has 7 aliphatic rings. The summed E-state index contributed by atoms with van der Waals surface area (Å²) in [6.45, 7) is 36.1. The number of benzene rings is 2. The number of hydrogen-bond donors (Lipinski definition) is 2. The fourth-order valence-electron chi connectivity index (χ4n) is 12.5. The Kier molecular flexibility index (Phi) is 16.3. The lowest BCUT2D eigenvalue weighted by Crippen LogP contribution is -2.45.